The zero-order chi connectivity index (χ0) is 17.5. The number of carbonyl (C=O) groups is 4. The van der Waals surface area contributed by atoms with E-state index in [4.69, 9.17) is 11.8 Å². The third-order valence-corrected chi connectivity index (χ3v) is 3.56. The van der Waals surface area contributed by atoms with E-state index in [9.17, 15) is 29.4 Å². The van der Waals surface area contributed by atoms with Crippen molar-refractivity contribution >= 4 is 23.9 Å². The van der Waals surface area contributed by atoms with Crippen LogP contribution in [0, 0.1) is 17.3 Å². The van der Waals surface area contributed by atoms with Gasteiger partial charge in [0.2, 0.25) is 0 Å². The maximum atomic E-state index is 11.7. The first kappa shape index (κ1) is 19.8. The first-order valence-corrected chi connectivity index (χ1v) is 6.44. The van der Waals surface area contributed by atoms with Crippen LogP contribution in [0.2, 0.25) is 0 Å². The van der Waals surface area contributed by atoms with Crippen molar-refractivity contribution in [3.05, 3.63) is 0 Å². The Hall–Kier alpha value is -2.20. The summed E-state index contributed by atoms with van der Waals surface area (Å²) in [5, 5.41) is 18.9. The number of hydrogen-bond acceptors (Lipinski definition) is 8. The van der Waals surface area contributed by atoms with Crippen molar-refractivity contribution in [2.45, 2.75) is 33.1 Å². The summed E-state index contributed by atoms with van der Waals surface area (Å²) in [5.41, 5.74) is -2.08. The average molecular weight is 320 g/mol. The lowest BCUT2D eigenvalue weighted by atomic mass is 9.65. The fraction of sp³-hybridized carbons (Fsp3) is 0.667. The van der Waals surface area contributed by atoms with Crippen molar-refractivity contribution in [2.24, 2.45) is 29.0 Å². The number of carboxylic acids is 2. The van der Waals surface area contributed by atoms with Gasteiger partial charge >= 0.3 is 23.9 Å². The zero-order valence-electron chi connectivity index (χ0n) is 12.3. The van der Waals surface area contributed by atoms with E-state index < -0.39 is 47.5 Å². The Kier molecular flexibility index (Phi) is 7.46. The minimum absolute atomic E-state index is 0.184. The summed E-state index contributed by atoms with van der Waals surface area (Å²) in [6.07, 6.45) is -0.735. The average Bonchev–Trinajstić information content (AvgIpc) is 2.45. The van der Waals surface area contributed by atoms with Gasteiger partial charge in [0, 0.05) is 0 Å². The van der Waals surface area contributed by atoms with Crippen molar-refractivity contribution in [3.8, 4) is 0 Å². The predicted molar refractivity (Wildman–Crippen MR) is 70.4 cm³/mol. The van der Waals surface area contributed by atoms with E-state index in [0.29, 0.717) is 0 Å². The molecule has 0 bridgehead atoms. The second kappa shape index (κ2) is 8.29. The highest BCUT2D eigenvalue weighted by molar-refractivity contribution is 5.90. The topological polar surface area (TPSA) is 179 Å². The molecule has 22 heavy (non-hydrogen) atoms. The Labute approximate surface area is 126 Å². The lowest BCUT2D eigenvalue weighted by Crippen LogP contribution is -2.49. The van der Waals surface area contributed by atoms with E-state index in [-0.39, 0.29) is 12.8 Å². The molecule has 10 nitrogen and oxygen atoms in total. The predicted octanol–water partition coefficient (Wildman–Crippen LogP) is -0.582. The molecular weight excluding hydrogens is 300 g/mol. The molecule has 0 rings (SSSR count). The maximum absolute atomic E-state index is 11.7. The van der Waals surface area contributed by atoms with Crippen LogP contribution in [-0.4, -0.2) is 34.1 Å². The van der Waals surface area contributed by atoms with Crippen LogP contribution >= 0.6 is 0 Å². The van der Waals surface area contributed by atoms with Crippen LogP contribution in [0.1, 0.15) is 33.1 Å². The number of nitrogens with two attached hydrogens (primary N) is 2. The second-order valence-corrected chi connectivity index (χ2v) is 4.92. The lowest BCUT2D eigenvalue weighted by Gasteiger charge is -2.35. The van der Waals surface area contributed by atoms with E-state index in [0.717, 1.165) is 6.92 Å². The van der Waals surface area contributed by atoms with Gasteiger partial charge in [-0.2, -0.15) is 11.8 Å². The Balaban J connectivity index is 6.04. The highest BCUT2D eigenvalue weighted by atomic mass is 16.7. The SMILES string of the molecule is CCCC(CC(=O)ON)(C(=O)O)C(C(=O)O)C(C)C(=O)ON. The highest BCUT2D eigenvalue weighted by Crippen LogP contribution is 2.42. The standard InChI is InChI=1S/C12H20N2O8/c1-3-4-12(11(19)20,5-7(15)21-13)8(9(16)17)6(2)10(18)22-14/h6,8H,3-5,13-14H2,1-2H3,(H,16,17)(H,19,20). The van der Waals surface area contributed by atoms with E-state index >= 15 is 0 Å². The fourth-order valence-corrected chi connectivity index (χ4v) is 2.59. The van der Waals surface area contributed by atoms with Crippen LogP contribution < -0.4 is 11.8 Å². The molecule has 0 aromatic heterocycles. The van der Waals surface area contributed by atoms with Gasteiger partial charge in [-0.05, 0) is 6.42 Å². The first-order chi connectivity index (χ1) is 10.2. The van der Waals surface area contributed by atoms with Gasteiger partial charge in [0.1, 0.15) is 0 Å². The lowest BCUT2D eigenvalue weighted by molar-refractivity contribution is -0.176. The van der Waals surface area contributed by atoms with E-state index in [1.165, 1.54) is 0 Å². The molecule has 0 aliphatic rings. The summed E-state index contributed by atoms with van der Waals surface area (Å²) in [7, 11) is 0. The Bertz CT molecular complexity index is 452. The molecule has 3 atom stereocenters. The number of aliphatic carboxylic acids is 2. The number of hydrogen-bond donors (Lipinski definition) is 4. The van der Waals surface area contributed by atoms with Gasteiger partial charge in [0.05, 0.1) is 23.7 Å². The van der Waals surface area contributed by atoms with Gasteiger partial charge in [-0.25, -0.2) is 0 Å². The zero-order valence-corrected chi connectivity index (χ0v) is 12.3. The molecule has 0 amide bonds. The van der Waals surface area contributed by atoms with Crippen LogP contribution in [0.5, 0.6) is 0 Å². The molecule has 126 valence electrons. The number of rotatable bonds is 9. The fourth-order valence-electron chi connectivity index (χ4n) is 2.59. The molecule has 0 fully saturated rings. The molecule has 6 N–H and O–H groups in total. The molecule has 0 aliphatic heterocycles. The molecule has 0 aromatic carbocycles. The summed E-state index contributed by atoms with van der Waals surface area (Å²) >= 11 is 0. The van der Waals surface area contributed by atoms with Crippen molar-refractivity contribution in [2.75, 3.05) is 0 Å². The van der Waals surface area contributed by atoms with Crippen LogP contribution in [0.25, 0.3) is 0 Å². The minimum Gasteiger partial charge on any atom is -0.481 e. The normalized spacial score (nSPS) is 16.0. The third-order valence-electron chi connectivity index (χ3n) is 3.56. The molecule has 0 radical (unpaired) electrons. The maximum Gasteiger partial charge on any atom is 0.328 e. The quantitative estimate of drug-likeness (QED) is 0.401. The largest absolute Gasteiger partial charge is 0.481 e. The number of carbonyl (C=O) groups excluding carboxylic acids is 2. The van der Waals surface area contributed by atoms with Gasteiger partial charge in [0.15, 0.2) is 0 Å². The minimum atomic E-state index is -2.08. The van der Waals surface area contributed by atoms with Crippen molar-refractivity contribution in [1.82, 2.24) is 0 Å². The third kappa shape index (κ3) is 4.15. The van der Waals surface area contributed by atoms with E-state index in [2.05, 4.69) is 9.68 Å². The van der Waals surface area contributed by atoms with E-state index in [1.807, 2.05) is 0 Å². The van der Waals surface area contributed by atoms with Gasteiger partial charge < -0.3 is 19.9 Å². The molecular formula is C12H20N2O8. The smallest absolute Gasteiger partial charge is 0.328 e. The van der Waals surface area contributed by atoms with Gasteiger partial charge in [-0.3, -0.25) is 19.2 Å². The molecule has 0 aromatic rings. The Morgan fingerprint density at radius 1 is 1.14 bits per heavy atom. The van der Waals surface area contributed by atoms with Crippen molar-refractivity contribution in [3.63, 3.8) is 0 Å². The number of carboxylic acid groups (broad SMARTS) is 2. The second-order valence-electron chi connectivity index (χ2n) is 4.92. The van der Waals surface area contributed by atoms with Crippen LogP contribution in [0.15, 0.2) is 0 Å². The van der Waals surface area contributed by atoms with Gasteiger partial charge in [-0.1, -0.05) is 20.3 Å². The van der Waals surface area contributed by atoms with Crippen molar-refractivity contribution < 1.29 is 39.1 Å². The molecule has 0 saturated heterocycles. The summed E-state index contributed by atoms with van der Waals surface area (Å²) in [4.78, 5) is 54.2. The molecule has 3 unspecified atom stereocenters. The Morgan fingerprint density at radius 2 is 1.68 bits per heavy atom. The molecule has 0 saturated carbocycles. The molecule has 0 spiro atoms. The first-order valence-electron chi connectivity index (χ1n) is 6.44. The summed E-state index contributed by atoms with van der Waals surface area (Å²) in [6, 6.07) is 0. The van der Waals surface area contributed by atoms with Crippen LogP contribution in [0.3, 0.4) is 0 Å². The molecule has 0 heterocycles. The summed E-state index contributed by atoms with van der Waals surface area (Å²) < 4.78 is 0. The highest BCUT2D eigenvalue weighted by Gasteiger charge is 2.54. The summed E-state index contributed by atoms with van der Waals surface area (Å²) in [6.45, 7) is 2.77. The molecule has 10 heteroatoms. The van der Waals surface area contributed by atoms with Gasteiger partial charge in [-0.15, -0.1) is 0 Å². The van der Waals surface area contributed by atoms with Crippen molar-refractivity contribution in [1.29, 1.82) is 0 Å². The summed E-state index contributed by atoms with van der Waals surface area (Å²) in [5.74, 6) is 0.974. The van der Waals surface area contributed by atoms with Gasteiger partial charge in [0.25, 0.3) is 0 Å². The monoisotopic (exact) mass is 320 g/mol. The van der Waals surface area contributed by atoms with E-state index in [1.54, 1.807) is 6.92 Å². The van der Waals surface area contributed by atoms with Crippen LogP contribution in [-0.2, 0) is 28.9 Å². The molecule has 0 aliphatic carbocycles. The Morgan fingerprint density at radius 3 is 2.00 bits per heavy atom. The van der Waals surface area contributed by atoms with Crippen LogP contribution in [0.4, 0.5) is 0 Å².